The van der Waals surface area contributed by atoms with Gasteiger partial charge in [-0.15, -0.1) is 0 Å². The number of thioether (sulfide) groups is 1. The van der Waals surface area contributed by atoms with E-state index >= 15 is 0 Å². The van der Waals surface area contributed by atoms with E-state index in [0.717, 1.165) is 24.8 Å². The van der Waals surface area contributed by atoms with Crippen LogP contribution >= 0.6 is 11.8 Å². The van der Waals surface area contributed by atoms with Crippen LogP contribution in [0.25, 0.3) is 0 Å². The molecule has 6 heteroatoms. The maximum atomic E-state index is 12.5. The Balaban J connectivity index is 2.22. The summed E-state index contributed by atoms with van der Waals surface area (Å²) in [6.07, 6.45) is 6.26. The van der Waals surface area contributed by atoms with Crippen molar-refractivity contribution in [1.29, 1.82) is 0 Å². The van der Waals surface area contributed by atoms with Gasteiger partial charge in [0.1, 0.15) is 4.90 Å². The van der Waals surface area contributed by atoms with Gasteiger partial charge >= 0.3 is 0 Å². The number of nitrogens with two attached hydrogens (primary N) is 1. The van der Waals surface area contributed by atoms with Gasteiger partial charge in [-0.1, -0.05) is 18.9 Å². The molecule has 1 fully saturated rings. The molecule has 0 aromatic heterocycles. The van der Waals surface area contributed by atoms with Gasteiger partial charge in [-0.2, -0.15) is 11.8 Å². The van der Waals surface area contributed by atoms with E-state index in [4.69, 9.17) is 5.73 Å². The predicted octanol–water partition coefficient (Wildman–Crippen LogP) is 2.53. The van der Waals surface area contributed by atoms with Crippen LogP contribution in [0.5, 0.6) is 0 Å². The lowest BCUT2D eigenvalue weighted by atomic mass is 9.96. The van der Waals surface area contributed by atoms with Crippen LogP contribution in [-0.4, -0.2) is 26.0 Å². The molecule has 1 aromatic rings. The van der Waals surface area contributed by atoms with E-state index in [1.54, 1.807) is 30.0 Å². The summed E-state index contributed by atoms with van der Waals surface area (Å²) < 4.78 is 27.8. The van der Waals surface area contributed by atoms with E-state index in [-0.39, 0.29) is 10.9 Å². The topological polar surface area (TPSA) is 72.2 Å². The Bertz CT molecular complexity index is 573. The molecule has 1 aliphatic rings. The second-order valence-electron chi connectivity index (χ2n) is 5.33. The monoisotopic (exact) mass is 314 g/mol. The zero-order chi connectivity index (χ0) is 14.8. The fraction of sp³-hybridized carbons (Fsp3) is 0.571. The number of sulfonamides is 1. The van der Waals surface area contributed by atoms with Gasteiger partial charge in [0.05, 0.1) is 5.69 Å². The number of benzene rings is 1. The molecule has 2 unspecified atom stereocenters. The summed E-state index contributed by atoms with van der Waals surface area (Å²) in [5.74, 6) is 0. The fourth-order valence-corrected chi connectivity index (χ4v) is 5.13. The standard InChI is InChI=1S/C14H22N2O2S2/c1-10-7-8-14(11(15)9-10)20(17,18)16-12-5-3-4-6-13(12)19-2/h7-9,12-13,16H,3-6,15H2,1-2H3. The molecule has 0 amide bonds. The predicted molar refractivity (Wildman–Crippen MR) is 85.5 cm³/mol. The lowest BCUT2D eigenvalue weighted by molar-refractivity contribution is 0.423. The van der Waals surface area contributed by atoms with Crippen LogP contribution in [0.15, 0.2) is 23.1 Å². The fourth-order valence-electron chi connectivity index (χ4n) is 2.69. The number of nitrogens with one attached hydrogen (secondary N) is 1. The van der Waals surface area contributed by atoms with Crippen LogP contribution in [0.4, 0.5) is 5.69 Å². The van der Waals surface area contributed by atoms with Gasteiger partial charge in [-0.25, -0.2) is 13.1 Å². The zero-order valence-corrected chi connectivity index (χ0v) is 13.6. The van der Waals surface area contributed by atoms with Crippen molar-refractivity contribution in [2.24, 2.45) is 0 Å². The highest BCUT2D eigenvalue weighted by Crippen LogP contribution is 2.29. The van der Waals surface area contributed by atoms with Crippen LogP contribution in [0.3, 0.4) is 0 Å². The molecule has 3 N–H and O–H groups in total. The Morgan fingerprint density at radius 3 is 2.65 bits per heavy atom. The van der Waals surface area contributed by atoms with Crippen molar-refractivity contribution < 1.29 is 8.42 Å². The number of rotatable bonds is 4. The molecule has 20 heavy (non-hydrogen) atoms. The van der Waals surface area contributed by atoms with Crippen molar-refractivity contribution in [2.45, 2.75) is 48.8 Å². The van der Waals surface area contributed by atoms with Crippen molar-refractivity contribution in [3.05, 3.63) is 23.8 Å². The van der Waals surface area contributed by atoms with E-state index in [0.29, 0.717) is 10.9 Å². The van der Waals surface area contributed by atoms with E-state index < -0.39 is 10.0 Å². The molecule has 0 heterocycles. The summed E-state index contributed by atoms with van der Waals surface area (Å²) in [4.78, 5) is 0.188. The summed E-state index contributed by atoms with van der Waals surface area (Å²) in [6.45, 7) is 1.89. The minimum atomic E-state index is -3.54. The van der Waals surface area contributed by atoms with Gasteiger partial charge in [0.2, 0.25) is 10.0 Å². The Morgan fingerprint density at radius 2 is 2.00 bits per heavy atom. The van der Waals surface area contributed by atoms with Gasteiger partial charge < -0.3 is 5.73 Å². The summed E-state index contributed by atoms with van der Waals surface area (Å²) in [6, 6.07) is 5.06. The minimum Gasteiger partial charge on any atom is -0.398 e. The molecule has 0 bridgehead atoms. The van der Waals surface area contributed by atoms with Crippen LogP contribution in [0, 0.1) is 6.92 Å². The van der Waals surface area contributed by atoms with Crippen LogP contribution in [0.1, 0.15) is 31.2 Å². The summed E-state index contributed by atoms with van der Waals surface area (Å²) in [5, 5.41) is 0.352. The number of aryl methyl sites for hydroxylation is 1. The molecule has 2 atom stereocenters. The average molecular weight is 314 g/mol. The molecule has 1 aromatic carbocycles. The van der Waals surface area contributed by atoms with Gasteiger partial charge in [0.25, 0.3) is 0 Å². The largest absolute Gasteiger partial charge is 0.398 e. The van der Waals surface area contributed by atoms with Gasteiger partial charge in [-0.3, -0.25) is 0 Å². The molecule has 1 aliphatic carbocycles. The van der Waals surface area contributed by atoms with Crippen molar-refractivity contribution in [1.82, 2.24) is 4.72 Å². The molecule has 0 saturated heterocycles. The molecule has 0 radical (unpaired) electrons. The lowest BCUT2D eigenvalue weighted by Crippen LogP contribution is -2.43. The van der Waals surface area contributed by atoms with Crippen LogP contribution in [0.2, 0.25) is 0 Å². The lowest BCUT2D eigenvalue weighted by Gasteiger charge is -2.30. The quantitative estimate of drug-likeness (QED) is 0.838. The first kappa shape index (κ1) is 15.7. The Hall–Kier alpha value is -0.720. The van der Waals surface area contributed by atoms with Crippen LogP contribution in [-0.2, 0) is 10.0 Å². The first-order chi connectivity index (χ1) is 9.44. The third-order valence-corrected chi connectivity index (χ3v) is 6.50. The number of hydrogen-bond acceptors (Lipinski definition) is 4. The third kappa shape index (κ3) is 3.48. The Kier molecular flexibility index (Phi) is 4.99. The summed E-state index contributed by atoms with van der Waals surface area (Å²) >= 11 is 1.74. The van der Waals surface area contributed by atoms with Crippen molar-refractivity contribution in [3.8, 4) is 0 Å². The van der Waals surface area contributed by atoms with E-state index in [1.807, 2.05) is 13.2 Å². The van der Waals surface area contributed by atoms with E-state index in [2.05, 4.69) is 4.72 Å². The smallest absolute Gasteiger partial charge is 0.242 e. The number of hydrogen-bond donors (Lipinski definition) is 2. The van der Waals surface area contributed by atoms with Crippen molar-refractivity contribution in [2.75, 3.05) is 12.0 Å². The molecule has 4 nitrogen and oxygen atoms in total. The van der Waals surface area contributed by atoms with E-state index in [9.17, 15) is 8.42 Å². The summed E-state index contributed by atoms with van der Waals surface area (Å²) in [7, 11) is -3.54. The molecule has 2 rings (SSSR count). The Labute approximate surface area is 125 Å². The molecule has 112 valence electrons. The van der Waals surface area contributed by atoms with Crippen molar-refractivity contribution in [3.63, 3.8) is 0 Å². The molecular weight excluding hydrogens is 292 g/mol. The van der Waals surface area contributed by atoms with Crippen molar-refractivity contribution >= 4 is 27.5 Å². The normalized spacial score (nSPS) is 23.7. The molecular formula is C14H22N2O2S2. The van der Waals surface area contributed by atoms with E-state index in [1.165, 1.54) is 6.42 Å². The van der Waals surface area contributed by atoms with Crippen LogP contribution < -0.4 is 10.5 Å². The first-order valence-electron chi connectivity index (χ1n) is 6.85. The third-order valence-electron chi connectivity index (χ3n) is 3.77. The number of nitrogen functional groups attached to an aromatic ring is 1. The summed E-state index contributed by atoms with van der Waals surface area (Å²) in [5.41, 5.74) is 7.13. The van der Waals surface area contributed by atoms with Gasteiger partial charge in [-0.05, 0) is 43.7 Å². The maximum absolute atomic E-state index is 12.5. The highest BCUT2D eigenvalue weighted by atomic mass is 32.2. The second-order valence-corrected chi connectivity index (χ2v) is 8.09. The van der Waals surface area contributed by atoms with Gasteiger partial charge in [0, 0.05) is 11.3 Å². The zero-order valence-electron chi connectivity index (χ0n) is 11.9. The molecule has 1 saturated carbocycles. The molecule has 0 aliphatic heterocycles. The SMILES string of the molecule is CSC1CCCCC1NS(=O)(=O)c1ccc(C)cc1N. The second kappa shape index (κ2) is 6.37. The highest BCUT2D eigenvalue weighted by Gasteiger charge is 2.29. The van der Waals surface area contributed by atoms with Gasteiger partial charge in [0.15, 0.2) is 0 Å². The minimum absolute atomic E-state index is 0.00412. The molecule has 0 spiro atoms. The maximum Gasteiger partial charge on any atom is 0.242 e. The highest BCUT2D eigenvalue weighted by molar-refractivity contribution is 7.99. The Morgan fingerprint density at radius 1 is 1.30 bits per heavy atom. The number of anilines is 1. The first-order valence-corrected chi connectivity index (χ1v) is 9.62. The average Bonchev–Trinajstić information content (AvgIpc) is 2.38.